The Morgan fingerprint density at radius 2 is 2.38 bits per heavy atom. The lowest BCUT2D eigenvalue weighted by molar-refractivity contribution is 0.357. The average Bonchev–Trinajstić information content (AvgIpc) is 2.75. The molecule has 0 saturated carbocycles. The number of hydrogen-bond acceptors (Lipinski definition) is 2. The first-order valence-electron chi connectivity index (χ1n) is 5.62. The molecule has 0 N–H and O–H groups in total. The molecule has 0 spiro atoms. The predicted molar refractivity (Wildman–Crippen MR) is 64.3 cm³/mol. The van der Waals surface area contributed by atoms with Gasteiger partial charge in [0, 0.05) is 18.1 Å². The van der Waals surface area contributed by atoms with E-state index in [0.29, 0.717) is 0 Å². The number of allylic oxidation sites excluding steroid dienone is 2. The lowest BCUT2D eigenvalue weighted by Gasteiger charge is -2.12. The van der Waals surface area contributed by atoms with Crippen molar-refractivity contribution >= 4 is 5.57 Å². The summed E-state index contributed by atoms with van der Waals surface area (Å²) in [6.45, 7) is 4.90. The minimum Gasteiger partial charge on any atom is -0.493 e. The zero-order chi connectivity index (χ0) is 11.5. The van der Waals surface area contributed by atoms with E-state index in [4.69, 9.17) is 10.00 Å². The van der Waals surface area contributed by atoms with Crippen molar-refractivity contribution in [3.05, 3.63) is 34.9 Å². The Balaban J connectivity index is 2.61. The van der Waals surface area contributed by atoms with Crippen molar-refractivity contribution in [3.63, 3.8) is 0 Å². The van der Waals surface area contributed by atoms with Crippen LogP contribution in [0, 0.1) is 11.3 Å². The fourth-order valence-electron chi connectivity index (χ4n) is 2.28. The molecule has 0 radical (unpaired) electrons. The third-order valence-electron chi connectivity index (χ3n) is 3.02. The quantitative estimate of drug-likeness (QED) is 0.707. The zero-order valence-corrected chi connectivity index (χ0v) is 9.71. The molecule has 82 valence electrons. The van der Waals surface area contributed by atoms with E-state index in [1.807, 2.05) is 13.0 Å². The van der Waals surface area contributed by atoms with Crippen LogP contribution in [0.25, 0.3) is 5.57 Å². The summed E-state index contributed by atoms with van der Waals surface area (Å²) in [4.78, 5) is 0. The minimum absolute atomic E-state index is 0.759. The lowest BCUT2D eigenvalue weighted by Crippen LogP contribution is -1.95. The maximum atomic E-state index is 8.75. The van der Waals surface area contributed by atoms with Crippen molar-refractivity contribution in [3.8, 4) is 11.8 Å². The van der Waals surface area contributed by atoms with Crippen molar-refractivity contribution in [2.75, 3.05) is 6.61 Å². The summed E-state index contributed by atoms with van der Waals surface area (Å²) in [7, 11) is 0. The Labute approximate surface area is 96.2 Å². The molecular formula is C14H15NO. The van der Waals surface area contributed by atoms with Gasteiger partial charge in [-0.1, -0.05) is 13.0 Å². The highest BCUT2D eigenvalue weighted by Crippen LogP contribution is 2.34. The van der Waals surface area contributed by atoms with Gasteiger partial charge >= 0.3 is 0 Å². The van der Waals surface area contributed by atoms with E-state index in [9.17, 15) is 0 Å². The first-order chi connectivity index (χ1) is 7.77. The summed E-state index contributed by atoms with van der Waals surface area (Å²) in [5.41, 5.74) is 4.83. The molecule has 2 nitrogen and oxygen atoms in total. The molecule has 2 heteroatoms. The number of aryl methyl sites for hydroxylation is 1. The molecule has 0 atom stereocenters. The maximum absolute atomic E-state index is 8.75. The fraction of sp³-hybridized carbons (Fsp3) is 0.357. The summed E-state index contributed by atoms with van der Waals surface area (Å²) in [6, 6.07) is 6.26. The molecule has 1 heterocycles. The van der Waals surface area contributed by atoms with Gasteiger partial charge in [-0.3, -0.25) is 0 Å². The summed E-state index contributed by atoms with van der Waals surface area (Å²) >= 11 is 0. The van der Waals surface area contributed by atoms with Gasteiger partial charge in [0.15, 0.2) is 0 Å². The van der Waals surface area contributed by atoms with Gasteiger partial charge in [-0.05, 0) is 36.1 Å². The molecule has 16 heavy (non-hydrogen) atoms. The second kappa shape index (κ2) is 4.40. The summed E-state index contributed by atoms with van der Waals surface area (Å²) < 4.78 is 5.56. The summed E-state index contributed by atoms with van der Waals surface area (Å²) in [6.07, 6.45) is 3.56. The van der Waals surface area contributed by atoms with Crippen LogP contribution in [-0.4, -0.2) is 6.61 Å². The minimum atomic E-state index is 0.759. The largest absolute Gasteiger partial charge is 0.493 e. The van der Waals surface area contributed by atoms with E-state index >= 15 is 0 Å². The van der Waals surface area contributed by atoms with Gasteiger partial charge in [-0.2, -0.15) is 5.26 Å². The molecule has 0 saturated heterocycles. The molecule has 0 amide bonds. The molecule has 1 aliphatic heterocycles. The number of ether oxygens (including phenoxy) is 1. The highest BCUT2D eigenvalue weighted by atomic mass is 16.5. The van der Waals surface area contributed by atoms with E-state index in [1.54, 1.807) is 6.08 Å². The Morgan fingerprint density at radius 1 is 1.56 bits per heavy atom. The predicted octanol–water partition coefficient (Wildman–Crippen LogP) is 3.11. The average molecular weight is 213 g/mol. The first-order valence-corrected chi connectivity index (χ1v) is 5.62. The second-order valence-electron chi connectivity index (χ2n) is 3.98. The van der Waals surface area contributed by atoms with Crippen molar-refractivity contribution < 1.29 is 4.74 Å². The van der Waals surface area contributed by atoms with Crippen LogP contribution < -0.4 is 4.74 Å². The topological polar surface area (TPSA) is 33.0 Å². The lowest BCUT2D eigenvalue weighted by atomic mass is 9.92. The van der Waals surface area contributed by atoms with Crippen molar-refractivity contribution in [2.24, 2.45) is 0 Å². The Morgan fingerprint density at radius 3 is 3.06 bits per heavy atom. The van der Waals surface area contributed by atoms with Gasteiger partial charge in [0.05, 0.1) is 12.7 Å². The standard InChI is InChI=1S/C14H15NO/c1-3-11-4-5-13-12(7-9-16-13)14(11)10(2)6-8-15/h4-6H,3,7,9H2,1-2H3. The Kier molecular flexibility index (Phi) is 2.96. The number of nitrogens with zero attached hydrogens (tertiary/aromatic N) is 1. The van der Waals surface area contributed by atoms with Crippen LogP contribution >= 0.6 is 0 Å². The van der Waals surface area contributed by atoms with Crippen LogP contribution in [0.3, 0.4) is 0 Å². The SMILES string of the molecule is CCc1ccc2c(c1C(C)=CC#N)CCO2. The molecule has 0 fully saturated rings. The number of fused-ring (bicyclic) bond motifs is 1. The fourth-order valence-corrected chi connectivity index (χ4v) is 2.28. The monoisotopic (exact) mass is 213 g/mol. The van der Waals surface area contributed by atoms with Gasteiger partial charge in [-0.15, -0.1) is 0 Å². The van der Waals surface area contributed by atoms with Gasteiger partial charge in [0.1, 0.15) is 5.75 Å². The molecule has 0 aromatic heterocycles. The molecule has 0 aliphatic carbocycles. The number of nitriles is 1. The van der Waals surface area contributed by atoms with Crippen LogP contribution in [0.4, 0.5) is 0 Å². The van der Waals surface area contributed by atoms with Gasteiger partial charge < -0.3 is 4.74 Å². The highest BCUT2D eigenvalue weighted by molar-refractivity contribution is 5.73. The molecule has 1 aromatic rings. The van der Waals surface area contributed by atoms with Gasteiger partial charge in [-0.25, -0.2) is 0 Å². The third-order valence-corrected chi connectivity index (χ3v) is 3.02. The van der Waals surface area contributed by atoms with E-state index in [1.165, 1.54) is 16.7 Å². The van der Waals surface area contributed by atoms with E-state index < -0.39 is 0 Å². The highest BCUT2D eigenvalue weighted by Gasteiger charge is 2.19. The molecule has 2 rings (SSSR count). The second-order valence-corrected chi connectivity index (χ2v) is 3.98. The van der Waals surface area contributed by atoms with Crippen LogP contribution in [0.5, 0.6) is 5.75 Å². The summed E-state index contributed by atoms with van der Waals surface area (Å²) in [5.74, 6) is 0.984. The number of rotatable bonds is 2. The smallest absolute Gasteiger partial charge is 0.123 e. The van der Waals surface area contributed by atoms with Crippen molar-refractivity contribution in [2.45, 2.75) is 26.7 Å². The van der Waals surface area contributed by atoms with Crippen molar-refractivity contribution in [1.29, 1.82) is 5.26 Å². The van der Waals surface area contributed by atoms with Gasteiger partial charge in [0.2, 0.25) is 0 Å². The van der Waals surface area contributed by atoms with Crippen LogP contribution in [0.1, 0.15) is 30.5 Å². The third kappa shape index (κ3) is 1.69. The molecule has 0 unspecified atom stereocenters. The molecular weight excluding hydrogens is 198 g/mol. The van der Waals surface area contributed by atoms with Crippen LogP contribution in [-0.2, 0) is 12.8 Å². The Hall–Kier alpha value is -1.75. The van der Waals surface area contributed by atoms with E-state index in [2.05, 4.69) is 19.1 Å². The van der Waals surface area contributed by atoms with E-state index in [0.717, 1.165) is 30.8 Å². The number of hydrogen-bond donors (Lipinski definition) is 0. The maximum Gasteiger partial charge on any atom is 0.123 e. The first kappa shape index (κ1) is 10.8. The Bertz CT molecular complexity index is 480. The summed E-state index contributed by atoms with van der Waals surface area (Å²) in [5, 5.41) is 8.75. The van der Waals surface area contributed by atoms with Crippen LogP contribution in [0.15, 0.2) is 18.2 Å². The van der Waals surface area contributed by atoms with Crippen LogP contribution in [0.2, 0.25) is 0 Å². The zero-order valence-electron chi connectivity index (χ0n) is 9.71. The molecule has 1 aliphatic rings. The normalized spacial score (nSPS) is 14.2. The number of benzene rings is 1. The van der Waals surface area contributed by atoms with Gasteiger partial charge in [0.25, 0.3) is 0 Å². The molecule has 0 bridgehead atoms. The van der Waals surface area contributed by atoms with Crippen molar-refractivity contribution in [1.82, 2.24) is 0 Å². The molecule has 1 aromatic carbocycles. The van der Waals surface area contributed by atoms with E-state index in [-0.39, 0.29) is 0 Å².